The summed E-state index contributed by atoms with van der Waals surface area (Å²) in [6, 6.07) is 28.1. The third-order valence-corrected chi connectivity index (χ3v) is 12.1. The van der Waals surface area contributed by atoms with E-state index in [-0.39, 0.29) is 24.5 Å². The van der Waals surface area contributed by atoms with Gasteiger partial charge in [0.1, 0.15) is 0 Å². The maximum Gasteiger partial charge on any atom is 0.328 e. The number of nitrogens with one attached hydrogen (secondary N) is 4. The second-order valence-electron chi connectivity index (χ2n) is 15.9. The molecule has 0 bridgehead atoms. The van der Waals surface area contributed by atoms with Crippen molar-refractivity contribution in [3.63, 3.8) is 0 Å². The summed E-state index contributed by atoms with van der Waals surface area (Å²) in [5.74, 6) is 0.852. The standard InChI is InChI=1S/C43H53N11O3/c1-30(33-6-3-2-4-7-33)54-46-29-43(50-54,40(44)56)38-14-20-45-41(48-38)47-36-12-10-31(11-13-36)27-51-21-15-32(16-22-51)28-52-23-17-34(18-24-52)35-8-5-9-37(26-35)53-25-19-39(55)49-42(53)57/h2-14,20,26,30,32,34,46,50H,15-19,21-25,27-29H2,1H3,(H2,44,56)(H,45,47,48)(H,49,55,57). The molecule has 57 heavy (non-hydrogen) atoms. The Kier molecular flexibility index (Phi) is 11.6. The predicted molar refractivity (Wildman–Crippen MR) is 219 cm³/mol. The van der Waals surface area contributed by atoms with Gasteiger partial charge in [0.25, 0.3) is 0 Å². The minimum absolute atomic E-state index is 0.0583. The number of aromatic nitrogens is 2. The topological polar surface area (TPSA) is 164 Å². The average molecular weight is 772 g/mol. The summed E-state index contributed by atoms with van der Waals surface area (Å²) in [6.07, 6.45) is 6.62. The molecule has 14 nitrogen and oxygen atoms in total. The number of carbonyl (C=O) groups excluding carboxylic acids is 3. The Balaban J connectivity index is 0.785. The first-order chi connectivity index (χ1) is 27.7. The van der Waals surface area contributed by atoms with Crippen LogP contribution in [0, 0.1) is 5.92 Å². The maximum absolute atomic E-state index is 12.9. The number of urea groups is 1. The maximum atomic E-state index is 12.9. The van der Waals surface area contributed by atoms with Crippen molar-refractivity contribution >= 4 is 35.2 Å². The van der Waals surface area contributed by atoms with E-state index in [9.17, 15) is 14.4 Å². The molecule has 298 valence electrons. The number of hydrogen-bond acceptors (Lipinski definition) is 11. The number of rotatable bonds is 12. The van der Waals surface area contributed by atoms with Crippen LogP contribution >= 0.6 is 0 Å². The second-order valence-corrected chi connectivity index (χ2v) is 15.9. The van der Waals surface area contributed by atoms with E-state index in [0.717, 1.165) is 69.0 Å². The Morgan fingerprint density at radius 3 is 2.40 bits per heavy atom. The Labute approximate surface area is 334 Å². The van der Waals surface area contributed by atoms with Crippen LogP contribution in [0.5, 0.6) is 0 Å². The second kappa shape index (κ2) is 17.1. The fourth-order valence-corrected chi connectivity index (χ4v) is 8.65. The van der Waals surface area contributed by atoms with Gasteiger partial charge in [-0.2, -0.15) is 5.12 Å². The molecule has 6 N–H and O–H groups in total. The molecule has 2 unspecified atom stereocenters. The minimum Gasteiger partial charge on any atom is -0.368 e. The molecule has 4 fully saturated rings. The summed E-state index contributed by atoms with van der Waals surface area (Å²) in [5, 5.41) is 7.56. The van der Waals surface area contributed by atoms with Crippen LogP contribution in [0.1, 0.15) is 73.4 Å². The van der Waals surface area contributed by atoms with Gasteiger partial charge >= 0.3 is 6.03 Å². The zero-order valence-electron chi connectivity index (χ0n) is 32.6. The molecule has 14 heteroatoms. The van der Waals surface area contributed by atoms with Gasteiger partial charge in [-0.3, -0.25) is 24.7 Å². The van der Waals surface area contributed by atoms with E-state index in [1.54, 1.807) is 17.2 Å². The molecular formula is C43H53N11O3. The highest BCUT2D eigenvalue weighted by atomic mass is 16.2. The molecule has 4 aliphatic heterocycles. The highest BCUT2D eigenvalue weighted by Gasteiger charge is 2.47. The van der Waals surface area contributed by atoms with Crippen molar-refractivity contribution in [2.24, 2.45) is 11.7 Å². The lowest BCUT2D eigenvalue weighted by Crippen LogP contribution is -2.54. The number of primary amides is 1. The van der Waals surface area contributed by atoms with E-state index in [0.29, 0.717) is 36.4 Å². The van der Waals surface area contributed by atoms with Crippen LogP contribution in [0.2, 0.25) is 0 Å². The summed E-state index contributed by atoms with van der Waals surface area (Å²) < 4.78 is 0. The number of nitrogens with two attached hydrogens (primary N) is 1. The van der Waals surface area contributed by atoms with Crippen molar-refractivity contribution in [2.75, 3.05) is 56.0 Å². The molecule has 3 aromatic carbocycles. The highest BCUT2D eigenvalue weighted by Crippen LogP contribution is 2.33. The largest absolute Gasteiger partial charge is 0.368 e. The molecule has 2 atom stereocenters. The smallest absolute Gasteiger partial charge is 0.328 e. The van der Waals surface area contributed by atoms with E-state index < -0.39 is 11.4 Å². The van der Waals surface area contributed by atoms with E-state index in [1.807, 2.05) is 66.6 Å². The molecule has 4 saturated heterocycles. The number of hydrazine groups is 2. The van der Waals surface area contributed by atoms with Gasteiger partial charge in [0.2, 0.25) is 17.8 Å². The van der Waals surface area contributed by atoms with Crippen molar-refractivity contribution in [2.45, 2.75) is 63.1 Å². The number of benzene rings is 3. The number of piperidine rings is 2. The van der Waals surface area contributed by atoms with Gasteiger partial charge in [-0.15, -0.1) is 0 Å². The van der Waals surface area contributed by atoms with Gasteiger partial charge in [-0.05, 0) is 118 Å². The average Bonchev–Trinajstić information content (AvgIpc) is 3.70. The van der Waals surface area contributed by atoms with E-state index >= 15 is 0 Å². The lowest BCUT2D eigenvalue weighted by Gasteiger charge is -2.38. The molecule has 0 spiro atoms. The zero-order chi connectivity index (χ0) is 39.4. The predicted octanol–water partition coefficient (Wildman–Crippen LogP) is 4.52. The van der Waals surface area contributed by atoms with Crippen LogP contribution < -0.4 is 32.1 Å². The minimum atomic E-state index is -1.23. The summed E-state index contributed by atoms with van der Waals surface area (Å²) in [4.78, 5) is 52.9. The van der Waals surface area contributed by atoms with E-state index in [4.69, 9.17) is 10.7 Å². The van der Waals surface area contributed by atoms with Crippen molar-refractivity contribution in [1.82, 2.24) is 41.1 Å². The van der Waals surface area contributed by atoms with Gasteiger partial charge in [0, 0.05) is 50.2 Å². The molecule has 0 saturated carbocycles. The fraction of sp³-hybridized carbons (Fsp3) is 0.419. The third kappa shape index (κ3) is 8.85. The summed E-state index contributed by atoms with van der Waals surface area (Å²) in [7, 11) is 0. The first-order valence-electron chi connectivity index (χ1n) is 20.2. The van der Waals surface area contributed by atoms with Crippen molar-refractivity contribution < 1.29 is 14.4 Å². The lowest BCUT2D eigenvalue weighted by molar-refractivity contribution is -0.125. The number of nitrogens with zero attached hydrogens (tertiary/aromatic N) is 6. The monoisotopic (exact) mass is 771 g/mol. The summed E-state index contributed by atoms with van der Waals surface area (Å²) >= 11 is 0. The third-order valence-electron chi connectivity index (χ3n) is 12.1. The molecule has 1 aromatic heterocycles. The molecule has 4 aliphatic rings. The van der Waals surface area contributed by atoms with Gasteiger partial charge in [0.05, 0.1) is 11.7 Å². The Morgan fingerprint density at radius 2 is 1.67 bits per heavy atom. The van der Waals surface area contributed by atoms with E-state index in [1.165, 1.54) is 24.0 Å². The molecule has 8 rings (SSSR count). The van der Waals surface area contributed by atoms with Gasteiger partial charge in [-0.1, -0.05) is 54.6 Å². The number of anilines is 3. The zero-order valence-corrected chi connectivity index (χ0v) is 32.6. The van der Waals surface area contributed by atoms with Crippen LogP contribution in [-0.2, 0) is 21.7 Å². The quantitative estimate of drug-likeness (QED) is 0.138. The van der Waals surface area contributed by atoms with Crippen molar-refractivity contribution in [1.29, 1.82) is 0 Å². The SMILES string of the molecule is CC(c1ccccc1)N1NCC(C(N)=O)(c2ccnc(Nc3ccc(CN4CCC(CN5CCC(c6cccc(N7CCC(=O)NC7=O)c6)CC5)CC4)cc3)n2)N1. The van der Waals surface area contributed by atoms with Crippen molar-refractivity contribution in [3.8, 4) is 0 Å². The first kappa shape index (κ1) is 38.6. The fourth-order valence-electron chi connectivity index (χ4n) is 8.65. The molecule has 4 aromatic rings. The summed E-state index contributed by atoms with van der Waals surface area (Å²) in [5.41, 5.74) is 17.2. The molecule has 5 heterocycles. The van der Waals surface area contributed by atoms with Gasteiger partial charge in [0.15, 0.2) is 5.54 Å². The van der Waals surface area contributed by atoms with Crippen LogP contribution in [-0.4, -0.2) is 88.5 Å². The first-order valence-corrected chi connectivity index (χ1v) is 20.2. The lowest BCUT2D eigenvalue weighted by atomic mass is 9.88. The summed E-state index contributed by atoms with van der Waals surface area (Å²) in [6.45, 7) is 9.17. The number of amides is 4. The molecule has 4 amide bonds. The van der Waals surface area contributed by atoms with Crippen molar-refractivity contribution in [3.05, 3.63) is 114 Å². The van der Waals surface area contributed by atoms with Gasteiger partial charge in [-0.25, -0.2) is 25.6 Å². The normalized spacial score (nSPS) is 22.4. The van der Waals surface area contributed by atoms with Crippen LogP contribution in [0.4, 0.5) is 22.1 Å². The molecular weight excluding hydrogens is 719 g/mol. The Hall–Kier alpha value is -5.25. The Bertz CT molecular complexity index is 2030. The number of carbonyl (C=O) groups is 3. The van der Waals surface area contributed by atoms with Gasteiger partial charge < -0.3 is 16.0 Å². The van der Waals surface area contributed by atoms with Crippen LogP contribution in [0.3, 0.4) is 0 Å². The molecule has 0 radical (unpaired) electrons. The Morgan fingerprint density at radius 1 is 0.912 bits per heavy atom. The number of hydrogen-bond donors (Lipinski definition) is 5. The van der Waals surface area contributed by atoms with E-state index in [2.05, 4.69) is 60.5 Å². The number of likely N-dealkylation sites (tertiary alicyclic amines) is 2. The van der Waals surface area contributed by atoms with Crippen LogP contribution in [0.15, 0.2) is 91.1 Å². The molecule has 0 aliphatic carbocycles. The highest BCUT2D eigenvalue weighted by molar-refractivity contribution is 6.05. The van der Waals surface area contributed by atoms with Crippen LogP contribution in [0.25, 0.3) is 0 Å². The number of imide groups is 1.